The topological polar surface area (TPSA) is 52.3 Å². The third-order valence-corrected chi connectivity index (χ3v) is 4.26. The molecule has 2 N–H and O–H groups in total. The van der Waals surface area contributed by atoms with E-state index in [1.54, 1.807) is 0 Å². The lowest BCUT2D eigenvalue weighted by Gasteiger charge is -2.18. The van der Waals surface area contributed by atoms with Crippen LogP contribution >= 0.6 is 0 Å². The quantitative estimate of drug-likeness (QED) is 0.740. The summed E-state index contributed by atoms with van der Waals surface area (Å²) in [5.74, 6) is -0.238. The Labute approximate surface area is 144 Å². The Balaban J connectivity index is 1.94. The van der Waals surface area contributed by atoms with Gasteiger partial charge in [-0.3, -0.25) is 4.79 Å². The van der Waals surface area contributed by atoms with Crippen molar-refractivity contribution in [2.75, 3.05) is 6.61 Å². The van der Waals surface area contributed by atoms with Crippen molar-refractivity contribution in [1.82, 2.24) is 0 Å². The molecular weight excluding hydrogens is 298 g/mol. The lowest BCUT2D eigenvalue weighted by Crippen LogP contribution is -2.30. The SMILES string of the molecule is CCOC(=O)C(CC)CC(N)Cc1ccc(-c2ccccc2)cc1. The van der Waals surface area contributed by atoms with Crippen molar-refractivity contribution in [2.24, 2.45) is 11.7 Å². The zero-order chi connectivity index (χ0) is 17.4. The van der Waals surface area contributed by atoms with Crippen molar-refractivity contribution in [2.45, 2.75) is 39.2 Å². The van der Waals surface area contributed by atoms with Crippen LogP contribution in [-0.2, 0) is 16.0 Å². The standard InChI is InChI=1S/C21H27NO2/c1-3-17(21(23)24-4-2)15-20(22)14-16-10-12-19(13-11-16)18-8-6-5-7-9-18/h5-13,17,20H,3-4,14-15,22H2,1-2H3. The molecule has 0 amide bonds. The monoisotopic (exact) mass is 325 g/mol. The summed E-state index contributed by atoms with van der Waals surface area (Å²) in [6.45, 7) is 4.26. The van der Waals surface area contributed by atoms with E-state index in [1.807, 2.05) is 32.0 Å². The predicted molar refractivity (Wildman–Crippen MR) is 98.6 cm³/mol. The van der Waals surface area contributed by atoms with E-state index in [-0.39, 0.29) is 17.9 Å². The van der Waals surface area contributed by atoms with Crippen molar-refractivity contribution in [3.63, 3.8) is 0 Å². The maximum Gasteiger partial charge on any atom is 0.308 e. The molecule has 3 heteroatoms. The average Bonchev–Trinajstić information content (AvgIpc) is 2.61. The Bertz CT molecular complexity index is 622. The number of rotatable bonds is 8. The van der Waals surface area contributed by atoms with Crippen molar-refractivity contribution >= 4 is 5.97 Å². The van der Waals surface area contributed by atoms with Crippen LogP contribution in [0.25, 0.3) is 11.1 Å². The highest BCUT2D eigenvalue weighted by atomic mass is 16.5. The van der Waals surface area contributed by atoms with Gasteiger partial charge in [0, 0.05) is 6.04 Å². The highest BCUT2D eigenvalue weighted by molar-refractivity contribution is 5.72. The van der Waals surface area contributed by atoms with Gasteiger partial charge in [-0.15, -0.1) is 0 Å². The van der Waals surface area contributed by atoms with Crippen LogP contribution in [0.5, 0.6) is 0 Å². The highest BCUT2D eigenvalue weighted by Crippen LogP contribution is 2.21. The van der Waals surface area contributed by atoms with Crippen molar-refractivity contribution < 1.29 is 9.53 Å². The molecule has 0 heterocycles. The number of benzene rings is 2. The Morgan fingerprint density at radius 2 is 1.62 bits per heavy atom. The molecule has 2 aromatic rings. The van der Waals surface area contributed by atoms with Gasteiger partial charge in [0.15, 0.2) is 0 Å². The van der Waals surface area contributed by atoms with E-state index >= 15 is 0 Å². The van der Waals surface area contributed by atoms with Gasteiger partial charge in [-0.2, -0.15) is 0 Å². The van der Waals surface area contributed by atoms with E-state index < -0.39 is 0 Å². The number of hydrogen-bond acceptors (Lipinski definition) is 3. The predicted octanol–water partition coefficient (Wildman–Crippen LogP) is 4.20. The number of ether oxygens (including phenoxy) is 1. The van der Waals surface area contributed by atoms with Crippen LogP contribution < -0.4 is 5.73 Å². The summed E-state index contributed by atoms with van der Waals surface area (Å²) in [6, 6.07) is 18.8. The van der Waals surface area contributed by atoms with Crippen molar-refractivity contribution in [3.8, 4) is 11.1 Å². The molecule has 2 atom stereocenters. The fourth-order valence-corrected chi connectivity index (χ4v) is 2.91. The van der Waals surface area contributed by atoms with E-state index in [2.05, 4.69) is 36.4 Å². The molecule has 3 nitrogen and oxygen atoms in total. The summed E-state index contributed by atoms with van der Waals surface area (Å²) in [5.41, 5.74) is 9.86. The second-order valence-corrected chi connectivity index (χ2v) is 6.12. The molecule has 24 heavy (non-hydrogen) atoms. The highest BCUT2D eigenvalue weighted by Gasteiger charge is 2.20. The van der Waals surface area contributed by atoms with Crippen LogP contribution in [0.1, 0.15) is 32.3 Å². The summed E-state index contributed by atoms with van der Waals surface area (Å²) >= 11 is 0. The molecule has 0 saturated carbocycles. The van der Waals surface area contributed by atoms with E-state index in [9.17, 15) is 4.79 Å². The molecule has 2 aromatic carbocycles. The molecular formula is C21H27NO2. The van der Waals surface area contributed by atoms with E-state index in [1.165, 1.54) is 16.7 Å². The fraction of sp³-hybridized carbons (Fsp3) is 0.381. The minimum absolute atomic E-state index is 0.0399. The zero-order valence-corrected chi connectivity index (χ0v) is 14.6. The first-order chi connectivity index (χ1) is 11.6. The van der Waals surface area contributed by atoms with Gasteiger partial charge < -0.3 is 10.5 Å². The van der Waals surface area contributed by atoms with Gasteiger partial charge in [0.1, 0.15) is 0 Å². The molecule has 0 spiro atoms. The van der Waals surface area contributed by atoms with E-state index in [0.717, 1.165) is 12.8 Å². The zero-order valence-electron chi connectivity index (χ0n) is 14.6. The first-order valence-electron chi connectivity index (χ1n) is 8.70. The third-order valence-electron chi connectivity index (χ3n) is 4.26. The molecule has 0 bridgehead atoms. The lowest BCUT2D eigenvalue weighted by atomic mass is 9.93. The Hall–Kier alpha value is -2.13. The lowest BCUT2D eigenvalue weighted by molar-refractivity contribution is -0.148. The average molecular weight is 325 g/mol. The molecule has 2 unspecified atom stereocenters. The van der Waals surface area contributed by atoms with Crippen LogP contribution in [0.2, 0.25) is 0 Å². The number of carbonyl (C=O) groups excluding carboxylic acids is 1. The molecule has 0 saturated heterocycles. The van der Waals surface area contributed by atoms with Gasteiger partial charge in [0.05, 0.1) is 12.5 Å². The van der Waals surface area contributed by atoms with Gasteiger partial charge >= 0.3 is 5.97 Å². The largest absolute Gasteiger partial charge is 0.466 e. The molecule has 128 valence electrons. The normalized spacial score (nSPS) is 13.3. The van der Waals surface area contributed by atoms with Gasteiger partial charge in [-0.05, 0) is 42.9 Å². The number of carbonyl (C=O) groups is 1. The smallest absolute Gasteiger partial charge is 0.308 e. The summed E-state index contributed by atoms with van der Waals surface area (Å²) in [7, 11) is 0. The Kier molecular flexibility index (Phi) is 7.01. The number of hydrogen-bond donors (Lipinski definition) is 1. The van der Waals surface area contributed by atoms with Crippen LogP contribution in [0.15, 0.2) is 54.6 Å². The molecule has 0 fully saturated rings. The van der Waals surface area contributed by atoms with Crippen LogP contribution in [0, 0.1) is 5.92 Å². The number of esters is 1. The minimum Gasteiger partial charge on any atom is -0.466 e. The van der Waals surface area contributed by atoms with Gasteiger partial charge in [0.25, 0.3) is 0 Å². The van der Waals surface area contributed by atoms with Crippen LogP contribution in [0.3, 0.4) is 0 Å². The summed E-state index contributed by atoms with van der Waals surface area (Å²) in [6.07, 6.45) is 2.19. The molecule has 0 radical (unpaired) electrons. The molecule has 0 aromatic heterocycles. The maximum atomic E-state index is 11.9. The van der Waals surface area contributed by atoms with Crippen molar-refractivity contribution in [1.29, 1.82) is 0 Å². The maximum absolute atomic E-state index is 11.9. The summed E-state index contributed by atoms with van der Waals surface area (Å²) in [4.78, 5) is 11.9. The Morgan fingerprint density at radius 1 is 1.00 bits per heavy atom. The van der Waals surface area contributed by atoms with Crippen LogP contribution in [0.4, 0.5) is 0 Å². The third kappa shape index (κ3) is 5.20. The van der Waals surface area contributed by atoms with Gasteiger partial charge in [0.2, 0.25) is 0 Å². The fourth-order valence-electron chi connectivity index (χ4n) is 2.91. The van der Waals surface area contributed by atoms with Crippen molar-refractivity contribution in [3.05, 3.63) is 60.2 Å². The minimum atomic E-state index is -0.130. The van der Waals surface area contributed by atoms with Gasteiger partial charge in [-0.25, -0.2) is 0 Å². The van der Waals surface area contributed by atoms with E-state index in [4.69, 9.17) is 10.5 Å². The van der Waals surface area contributed by atoms with Gasteiger partial charge in [-0.1, -0.05) is 61.5 Å². The first-order valence-corrected chi connectivity index (χ1v) is 8.70. The molecule has 0 aliphatic carbocycles. The summed E-state index contributed by atoms with van der Waals surface area (Å²) in [5, 5.41) is 0. The molecule has 0 aliphatic heterocycles. The first kappa shape index (κ1) is 18.2. The summed E-state index contributed by atoms with van der Waals surface area (Å²) < 4.78 is 5.12. The van der Waals surface area contributed by atoms with E-state index in [0.29, 0.717) is 13.0 Å². The van der Waals surface area contributed by atoms with Crippen LogP contribution in [-0.4, -0.2) is 18.6 Å². The second kappa shape index (κ2) is 9.24. The number of nitrogens with two attached hydrogens (primary N) is 1. The molecule has 2 rings (SSSR count). The molecule has 0 aliphatic rings. The Morgan fingerprint density at radius 3 is 2.21 bits per heavy atom. The second-order valence-electron chi connectivity index (χ2n) is 6.12.